The Kier molecular flexibility index (Phi) is 5.64. The maximum absolute atomic E-state index is 11.8. The predicted molar refractivity (Wildman–Crippen MR) is 93.6 cm³/mol. The highest BCUT2D eigenvalue weighted by molar-refractivity contribution is 5.92. The minimum atomic E-state index is -0.492. The highest BCUT2D eigenvalue weighted by Crippen LogP contribution is 2.21. The van der Waals surface area contributed by atoms with Crippen molar-refractivity contribution in [3.05, 3.63) is 75.3 Å². The Labute approximate surface area is 145 Å². The summed E-state index contributed by atoms with van der Waals surface area (Å²) in [4.78, 5) is 22.0. The van der Waals surface area contributed by atoms with Crippen molar-refractivity contribution in [2.75, 3.05) is 0 Å². The number of nitro benzene ring substituents is 1. The van der Waals surface area contributed by atoms with Crippen LogP contribution in [0.15, 0.2) is 48.5 Å². The van der Waals surface area contributed by atoms with Crippen LogP contribution in [0.1, 0.15) is 35.3 Å². The van der Waals surface area contributed by atoms with Gasteiger partial charge in [-0.25, -0.2) is 4.79 Å². The van der Waals surface area contributed by atoms with Crippen molar-refractivity contribution in [2.24, 2.45) is 0 Å². The normalized spacial score (nSPS) is 11.0. The third kappa shape index (κ3) is 4.75. The van der Waals surface area contributed by atoms with Crippen molar-refractivity contribution in [3.8, 4) is 6.07 Å². The molecule has 2 rings (SSSR count). The SMILES string of the molecule is CC(C)OC(=O)c1ccc(C=C(C#N)c2ccc([N+](=O)[O-])cc2)cc1. The number of ether oxygens (including phenoxy) is 1. The molecule has 0 aliphatic heterocycles. The van der Waals surface area contributed by atoms with Crippen LogP contribution in [0, 0.1) is 21.4 Å². The fraction of sp³-hybridized carbons (Fsp3) is 0.158. The summed E-state index contributed by atoms with van der Waals surface area (Å²) in [6.45, 7) is 3.55. The fourth-order valence-electron chi connectivity index (χ4n) is 2.11. The molecule has 0 radical (unpaired) electrons. The lowest BCUT2D eigenvalue weighted by Crippen LogP contribution is -2.11. The van der Waals surface area contributed by atoms with E-state index in [-0.39, 0.29) is 11.8 Å². The van der Waals surface area contributed by atoms with Gasteiger partial charge in [0, 0.05) is 12.1 Å². The van der Waals surface area contributed by atoms with E-state index in [0.717, 1.165) is 5.56 Å². The third-order valence-electron chi connectivity index (χ3n) is 3.31. The topological polar surface area (TPSA) is 93.2 Å². The number of carbonyl (C=O) groups excluding carboxylic acids is 1. The summed E-state index contributed by atoms with van der Waals surface area (Å²) in [6.07, 6.45) is 1.46. The number of rotatable bonds is 5. The van der Waals surface area contributed by atoms with Gasteiger partial charge in [0.2, 0.25) is 0 Å². The van der Waals surface area contributed by atoms with E-state index in [0.29, 0.717) is 16.7 Å². The van der Waals surface area contributed by atoms with Crippen molar-refractivity contribution in [3.63, 3.8) is 0 Å². The number of nitrogens with zero attached hydrogens (tertiary/aromatic N) is 2. The molecule has 126 valence electrons. The maximum atomic E-state index is 11.8. The van der Waals surface area contributed by atoms with Gasteiger partial charge in [-0.1, -0.05) is 12.1 Å². The van der Waals surface area contributed by atoms with Gasteiger partial charge in [-0.3, -0.25) is 10.1 Å². The third-order valence-corrected chi connectivity index (χ3v) is 3.31. The molecule has 2 aromatic carbocycles. The highest BCUT2D eigenvalue weighted by Gasteiger charge is 2.09. The average Bonchev–Trinajstić information content (AvgIpc) is 2.59. The van der Waals surface area contributed by atoms with E-state index in [1.807, 2.05) is 0 Å². The fourth-order valence-corrected chi connectivity index (χ4v) is 2.11. The molecule has 0 heterocycles. The molecule has 0 saturated carbocycles. The quantitative estimate of drug-likeness (QED) is 0.268. The van der Waals surface area contributed by atoms with Crippen LogP contribution < -0.4 is 0 Å². The Morgan fingerprint density at radius 2 is 1.68 bits per heavy atom. The monoisotopic (exact) mass is 336 g/mol. The molecular weight excluding hydrogens is 320 g/mol. The van der Waals surface area contributed by atoms with Gasteiger partial charge < -0.3 is 4.74 Å². The summed E-state index contributed by atoms with van der Waals surface area (Å²) in [5, 5.41) is 20.0. The smallest absolute Gasteiger partial charge is 0.338 e. The first kappa shape index (κ1) is 17.9. The second-order valence-electron chi connectivity index (χ2n) is 5.55. The first-order valence-electron chi connectivity index (χ1n) is 7.58. The Morgan fingerprint density at radius 3 is 2.16 bits per heavy atom. The summed E-state index contributed by atoms with van der Waals surface area (Å²) in [5.41, 5.74) is 2.08. The highest BCUT2D eigenvalue weighted by atomic mass is 16.6. The molecule has 0 saturated heterocycles. The van der Waals surface area contributed by atoms with E-state index in [2.05, 4.69) is 6.07 Å². The predicted octanol–water partition coefficient (Wildman–Crippen LogP) is 4.22. The number of carbonyl (C=O) groups is 1. The van der Waals surface area contributed by atoms with Gasteiger partial charge in [0.05, 0.1) is 28.2 Å². The van der Waals surface area contributed by atoms with Crippen LogP contribution in [0.5, 0.6) is 0 Å². The van der Waals surface area contributed by atoms with Crippen molar-refractivity contribution in [2.45, 2.75) is 20.0 Å². The number of benzene rings is 2. The van der Waals surface area contributed by atoms with E-state index >= 15 is 0 Å². The molecule has 0 aliphatic rings. The number of nitro groups is 1. The Hall–Kier alpha value is -3.46. The van der Waals surface area contributed by atoms with Gasteiger partial charge in [0.1, 0.15) is 0 Å². The van der Waals surface area contributed by atoms with Crippen LogP contribution in [0.25, 0.3) is 11.6 Å². The Morgan fingerprint density at radius 1 is 1.12 bits per heavy atom. The molecule has 0 spiro atoms. The van der Waals surface area contributed by atoms with Crippen molar-refractivity contribution in [1.82, 2.24) is 0 Å². The molecule has 0 amide bonds. The van der Waals surface area contributed by atoms with Gasteiger partial charge >= 0.3 is 5.97 Å². The lowest BCUT2D eigenvalue weighted by Gasteiger charge is -2.07. The minimum absolute atomic E-state index is 0.0333. The Bertz CT molecular complexity index is 844. The second kappa shape index (κ2) is 7.88. The van der Waals surface area contributed by atoms with Gasteiger partial charge in [0.15, 0.2) is 0 Å². The number of hydrogen-bond acceptors (Lipinski definition) is 5. The largest absolute Gasteiger partial charge is 0.459 e. The molecule has 0 atom stereocenters. The van der Waals surface area contributed by atoms with Crippen molar-refractivity contribution < 1.29 is 14.5 Å². The van der Waals surface area contributed by atoms with Gasteiger partial charge in [0.25, 0.3) is 5.69 Å². The number of nitriles is 1. The first-order valence-corrected chi connectivity index (χ1v) is 7.58. The van der Waals surface area contributed by atoms with Crippen molar-refractivity contribution in [1.29, 1.82) is 5.26 Å². The van der Waals surface area contributed by atoms with Crippen molar-refractivity contribution >= 4 is 23.3 Å². The number of non-ortho nitro benzene ring substituents is 1. The van der Waals surface area contributed by atoms with Gasteiger partial charge in [-0.2, -0.15) is 5.26 Å². The minimum Gasteiger partial charge on any atom is -0.459 e. The first-order chi connectivity index (χ1) is 11.9. The van der Waals surface area contributed by atoms with E-state index in [4.69, 9.17) is 4.74 Å². The molecule has 6 nitrogen and oxygen atoms in total. The van der Waals surface area contributed by atoms with Crippen LogP contribution in [0.2, 0.25) is 0 Å². The summed E-state index contributed by atoms with van der Waals surface area (Å²) in [5.74, 6) is -0.401. The van der Waals surface area contributed by atoms with Crippen LogP contribution in [0.4, 0.5) is 5.69 Å². The molecule has 25 heavy (non-hydrogen) atoms. The molecule has 0 aliphatic carbocycles. The second-order valence-corrected chi connectivity index (χ2v) is 5.55. The lowest BCUT2D eigenvalue weighted by atomic mass is 10.0. The summed E-state index contributed by atoms with van der Waals surface area (Å²) in [7, 11) is 0. The molecule has 0 N–H and O–H groups in total. The lowest BCUT2D eigenvalue weighted by molar-refractivity contribution is -0.384. The maximum Gasteiger partial charge on any atom is 0.338 e. The van der Waals surface area contributed by atoms with E-state index in [9.17, 15) is 20.2 Å². The van der Waals surface area contributed by atoms with Crippen LogP contribution in [-0.2, 0) is 4.74 Å². The van der Waals surface area contributed by atoms with E-state index in [1.54, 1.807) is 44.2 Å². The standard InChI is InChI=1S/C19H16N2O4/c1-13(2)25-19(22)16-5-3-14(4-6-16)11-17(12-20)15-7-9-18(10-8-15)21(23)24/h3-11,13H,1-2H3. The number of allylic oxidation sites excluding steroid dienone is 1. The molecule has 0 bridgehead atoms. The van der Waals surface area contributed by atoms with E-state index in [1.165, 1.54) is 24.3 Å². The molecular formula is C19H16N2O4. The molecule has 0 fully saturated rings. The molecule has 6 heteroatoms. The summed E-state index contributed by atoms with van der Waals surface area (Å²) >= 11 is 0. The average molecular weight is 336 g/mol. The summed E-state index contributed by atoms with van der Waals surface area (Å²) < 4.78 is 5.12. The zero-order valence-electron chi connectivity index (χ0n) is 13.8. The number of hydrogen-bond donors (Lipinski definition) is 0. The number of esters is 1. The summed E-state index contributed by atoms with van der Waals surface area (Å²) in [6, 6.07) is 14.5. The Balaban J connectivity index is 2.23. The molecule has 2 aromatic rings. The van der Waals surface area contributed by atoms with Crippen LogP contribution in [-0.4, -0.2) is 17.0 Å². The zero-order valence-corrected chi connectivity index (χ0v) is 13.8. The van der Waals surface area contributed by atoms with E-state index < -0.39 is 10.9 Å². The molecule has 0 aromatic heterocycles. The van der Waals surface area contributed by atoms with Gasteiger partial charge in [-0.05, 0) is 55.3 Å². The zero-order chi connectivity index (χ0) is 18.4. The van der Waals surface area contributed by atoms with Crippen LogP contribution >= 0.6 is 0 Å². The van der Waals surface area contributed by atoms with Gasteiger partial charge in [-0.15, -0.1) is 0 Å². The molecule has 0 unspecified atom stereocenters. The van der Waals surface area contributed by atoms with Crippen LogP contribution in [0.3, 0.4) is 0 Å².